The van der Waals surface area contributed by atoms with Gasteiger partial charge in [0.2, 0.25) is 0 Å². The highest BCUT2D eigenvalue weighted by molar-refractivity contribution is 7.13. The van der Waals surface area contributed by atoms with Gasteiger partial charge in [-0.1, -0.05) is 36.4 Å². The molecular weight excluding hydrogens is 392 g/mol. The highest BCUT2D eigenvalue weighted by Gasteiger charge is 2.17. The molecule has 144 valence electrons. The zero-order valence-corrected chi connectivity index (χ0v) is 16.1. The number of rotatable bonds is 4. The number of halogens is 2. The van der Waals surface area contributed by atoms with E-state index in [2.05, 4.69) is 4.98 Å². The van der Waals surface area contributed by atoms with Crippen molar-refractivity contribution in [2.24, 2.45) is 0 Å². The van der Waals surface area contributed by atoms with Crippen LogP contribution in [-0.4, -0.2) is 16.1 Å². The van der Waals surface area contributed by atoms with Crippen molar-refractivity contribution < 1.29 is 18.7 Å². The summed E-state index contributed by atoms with van der Waals surface area (Å²) in [5.41, 5.74) is 3.82. The number of carbonyl (C=O) groups is 1. The first-order valence-corrected chi connectivity index (χ1v) is 9.66. The van der Waals surface area contributed by atoms with Crippen LogP contribution < -0.4 is 0 Å². The molecule has 0 aliphatic heterocycles. The van der Waals surface area contributed by atoms with Crippen LogP contribution in [0.1, 0.15) is 15.9 Å². The smallest absolute Gasteiger partial charge is 0.336 e. The predicted molar refractivity (Wildman–Crippen MR) is 110 cm³/mol. The fourth-order valence-corrected chi connectivity index (χ4v) is 4.01. The Bertz CT molecular complexity index is 1230. The minimum Gasteiger partial charge on any atom is -0.478 e. The van der Waals surface area contributed by atoms with Crippen molar-refractivity contribution in [2.75, 3.05) is 0 Å². The molecule has 1 N–H and O–H groups in total. The van der Waals surface area contributed by atoms with Gasteiger partial charge in [-0.3, -0.25) is 0 Å². The number of nitrogens with zero attached hydrogens (tertiary/aromatic N) is 1. The predicted octanol–water partition coefficient (Wildman–Crippen LogP) is 6.43. The van der Waals surface area contributed by atoms with Gasteiger partial charge in [0.25, 0.3) is 0 Å². The molecule has 0 bridgehead atoms. The molecule has 29 heavy (non-hydrogen) atoms. The van der Waals surface area contributed by atoms with Crippen molar-refractivity contribution in [1.29, 1.82) is 0 Å². The second-order valence-electron chi connectivity index (χ2n) is 6.54. The van der Waals surface area contributed by atoms with E-state index in [1.54, 1.807) is 23.6 Å². The maximum Gasteiger partial charge on any atom is 0.336 e. The standard InChI is InChI=1S/C23H15F2NO2S/c1-13-4-2-3-5-16(13)17-8-6-14(10-19(17)23(27)28)22-26-21(12-29-22)18-9-7-15(24)11-20(18)25/h2-12H,1H3,(H,27,28). The summed E-state index contributed by atoms with van der Waals surface area (Å²) in [5.74, 6) is -2.38. The summed E-state index contributed by atoms with van der Waals surface area (Å²) in [5, 5.41) is 12.0. The van der Waals surface area contributed by atoms with Gasteiger partial charge in [-0.15, -0.1) is 11.3 Å². The van der Waals surface area contributed by atoms with Crippen LogP contribution in [0.5, 0.6) is 0 Å². The van der Waals surface area contributed by atoms with Gasteiger partial charge in [-0.05, 0) is 41.8 Å². The summed E-state index contributed by atoms with van der Waals surface area (Å²) in [6, 6.07) is 16.1. The molecule has 0 radical (unpaired) electrons. The fraction of sp³-hybridized carbons (Fsp3) is 0.0435. The number of carboxylic acids is 1. The third-order valence-corrected chi connectivity index (χ3v) is 5.53. The molecule has 0 spiro atoms. The Morgan fingerprint density at radius 3 is 2.45 bits per heavy atom. The van der Waals surface area contributed by atoms with Gasteiger partial charge in [-0.2, -0.15) is 0 Å². The fourth-order valence-electron chi connectivity index (χ4n) is 3.19. The van der Waals surface area contributed by atoms with Crippen LogP contribution in [0.3, 0.4) is 0 Å². The van der Waals surface area contributed by atoms with Crippen molar-refractivity contribution in [3.63, 3.8) is 0 Å². The lowest BCUT2D eigenvalue weighted by Gasteiger charge is -2.10. The van der Waals surface area contributed by atoms with Crippen LogP contribution in [0.4, 0.5) is 8.78 Å². The number of benzene rings is 3. The highest BCUT2D eigenvalue weighted by atomic mass is 32.1. The quantitative estimate of drug-likeness (QED) is 0.424. The van der Waals surface area contributed by atoms with Gasteiger partial charge in [0.05, 0.1) is 11.3 Å². The van der Waals surface area contributed by atoms with Crippen LogP contribution in [0, 0.1) is 18.6 Å². The Labute approximate surface area is 169 Å². The maximum absolute atomic E-state index is 14.0. The highest BCUT2D eigenvalue weighted by Crippen LogP contribution is 2.34. The van der Waals surface area contributed by atoms with E-state index in [0.717, 1.165) is 17.2 Å². The molecule has 0 amide bonds. The van der Waals surface area contributed by atoms with E-state index in [1.165, 1.54) is 23.5 Å². The zero-order chi connectivity index (χ0) is 20.5. The number of hydrogen-bond donors (Lipinski definition) is 1. The lowest BCUT2D eigenvalue weighted by molar-refractivity contribution is 0.0698. The number of aromatic nitrogens is 1. The minimum absolute atomic E-state index is 0.168. The lowest BCUT2D eigenvalue weighted by atomic mass is 9.94. The molecule has 1 heterocycles. The summed E-state index contributed by atoms with van der Waals surface area (Å²) in [6.45, 7) is 1.93. The third kappa shape index (κ3) is 3.67. The Morgan fingerprint density at radius 2 is 1.72 bits per heavy atom. The van der Waals surface area contributed by atoms with Crippen LogP contribution in [0.2, 0.25) is 0 Å². The van der Waals surface area contributed by atoms with Gasteiger partial charge < -0.3 is 5.11 Å². The molecule has 0 atom stereocenters. The van der Waals surface area contributed by atoms with E-state index in [4.69, 9.17) is 0 Å². The molecule has 0 aliphatic rings. The topological polar surface area (TPSA) is 50.2 Å². The van der Waals surface area contributed by atoms with Gasteiger partial charge in [0, 0.05) is 22.6 Å². The molecule has 0 aliphatic carbocycles. The lowest BCUT2D eigenvalue weighted by Crippen LogP contribution is -2.01. The van der Waals surface area contributed by atoms with Gasteiger partial charge in [0.15, 0.2) is 0 Å². The number of carboxylic acid groups (broad SMARTS) is 1. The van der Waals surface area contributed by atoms with E-state index >= 15 is 0 Å². The molecule has 0 saturated carbocycles. The first-order valence-electron chi connectivity index (χ1n) is 8.78. The zero-order valence-electron chi connectivity index (χ0n) is 15.3. The van der Waals surface area contributed by atoms with E-state index in [0.29, 0.717) is 21.8 Å². The Hall–Kier alpha value is -3.38. The minimum atomic E-state index is -1.04. The summed E-state index contributed by atoms with van der Waals surface area (Å²) in [7, 11) is 0. The van der Waals surface area contributed by atoms with E-state index in [9.17, 15) is 18.7 Å². The Balaban J connectivity index is 1.77. The van der Waals surface area contributed by atoms with Crippen LogP contribution in [0.25, 0.3) is 33.0 Å². The number of thiazole rings is 1. The second-order valence-corrected chi connectivity index (χ2v) is 7.40. The van der Waals surface area contributed by atoms with Gasteiger partial charge in [0.1, 0.15) is 16.6 Å². The summed E-state index contributed by atoms with van der Waals surface area (Å²) in [6.07, 6.45) is 0. The third-order valence-electron chi connectivity index (χ3n) is 4.64. The summed E-state index contributed by atoms with van der Waals surface area (Å²) in [4.78, 5) is 16.3. The van der Waals surface area contributed by atoms with E-state index < -0.39 is 17.6 Å². The molecule has 3 aromatic carbocycles. The van der Waals surface area contributed by atoms with Crippen LogP contribution >= 0.6 is 11.3 Å². The summed E-state index contributed by atoms with van der Waals surface area (Å²) < 4.78 is 27.2. The van der Waals surface area contributed by atoms with E-state index in [-0.39, 0.29) is 11.1 Å². The van der Waals surface area contributed by atoms with Gasteiger partial charge in [-0.25, -0.2) is 18.6 Å². The first kappa shape index (κ1) is 19.0. The largest absolute Gasteiger partial charge is 0.478 e. The van der Waals surface area contributed by atoms with Crippen LogP contribution in [-0.2, 0) is 0 Å². The average molecular weight is 407 g/mol. The molecule has 0 saturated heterocycles. The SMILES string of the molecule is Cc1ccccc1-c1ccc(-c2nc(-c3ccc(F)cc3F)cs2)cc1C(=O)O. The van der Waals surface area contributed by atoms with Gasteiger partial charge >= 0.3 is 5.97 Å². The number of hydrogen-bond acceptors (Lipinski definition) is 3. The molecule has 3 nitrogen and oxygen atoms in total. The maximum atomic E-state index is 14.0. The Morgan fingerprint density at radius 1 is 0.966 bits per heavy atom. The Kier molecular flexibility index (Phi) is 4.94. The molecule has 0 unspecified atom stereocenters. The van der Waals surface area contributed by atoms with Crippen molar-refractivity contribution in [1.82, 2.24) is 4.98 Å². The molecule has 6 heteroatoms. The molecule has 1 aromatic heterocycles. The molecule has 4 aromatic rings. The molecule has 0 fully saturated rings. The van der Waals surface area contributed by atoms with Crippen molar-refractivity contribution in [3.05, 3.63) is 88.8 Å². The number of aromatic carboxylic acids is 1. The first-order chi connectivity index (χ1) is 13.9. The normalized spacial score (nSPS) is 10.9. The van der Waals surface area contributed by atoms with Crippen molar-refractivity contribution in [2.45, 2.75) is 6.92 Å². The molecular formula is C23H15F2NO2S. The van der Waals surface area contributed by atoms with Crippen LogP contribution in [0.15, 0.2) is 66.0 Å². The van der Waals surface area contributed by atoms with E-state index in [1.807, 2.05) is 31.2 Å². The monoisotopic (exact) mass is 407 g/mol. The molecule has 4 rings (SSSR count). The second kappa shape index (κ2) is 7.56. The average Bonchev–Trinajstić information content (AvgIpc) is 3.18. The summed E-state index contributed by atoms with van der Waals surface area (Å²) >= 11 is 1.27. The van der Waals surface area contributed by atoms with Crippen molar-refractivity contribution in [3.8, 4) is 33.0 Å². The number of aryl methyl sites for hydroxylation is 1. The van der Waals surface area contributed by atoms with Crippen molar-refractivity contribution >= 4 is 17.3 Å².